The Labute approximate surface area is 152 Å². The molecule has 0 fully saturated rings. The average molecular weight is 421 g/mol. The van der Waals surface area contributed by atoms with Gasteiger partial charge in [0.25, 0.3) is 0 Å². The molecule has 0 unspecified atom stereocenters. The second kappa shape index (κ2) is 12.7. The number of aromatic nitrogens is 2. The topological polar surface area (TPSA) is 54.2 Å². The van der Waals surface area contributed by atoms with Crippen LogP contribution in [0.15, 0.2) is 11.1 Å². The van der Waals surface area contributed by atoms with Gasteiger partial charge in [-0.15, -0.1) is 24.0 Å². The zero-order valence-corrected chi connectivity index (χ0v) is 16.8. The summed E-state index contributed by atoms with van der Waals surface area (Å²) in [5.74, 6) is 0.932. The van der Waals surface area contributed by atoms with Crippen LogP contribution in [0.2, 0.25) is 0 Å². The Morgan fingerprint density at radius 1 is 1.18 bits per heavy atom. The molecule has 0 atom stereocenters. The van der Waals surface area contributed by atoms with Crippen LogP contribution >= 0.6 is 24.0 Å². The lowest BCUT2D eigenvalue weighted by Gasteiger charge is -2.11. The molecule has 1 aromatic heterocycles. The molecule has 0 saturated heterocycles. The molecule has 22 heavy (non-hydrogen) atoms. The van der Waals surface area contributed by atoms with Crippen LogP contribution in [0.25, 0.3) is 0 Å². The van der Waals surface area contributed by atoms with Gasteiger partial charge < -0.3 is 10.6 Å². The average Bonchev–Trinajstić information content (AvgIpc) is 2.77. The highest BCUT2D eigenvalue weighted by Crippen LogP contribution is 2.02. The summed E-state index contributed by atoms with van der Waals surface area (Å²) >= 11 is 0. The molecule has 0 aliphatic heterocycles. The molecule has 1 rings (SSSR count). The maximum absolute atomic E-state index is 4.62. The van der Waals surface area contributed by atoms with E-state index in [2.05, 4.69) is 52.2 Å². The molecular formula is C16H32IN5. The quantitative estimate of drug-likeness (QED) is 0.279. The zero-order valence-electron chi connectivity index (χ0n) is 14.5. The second-order valence-electron chi connectivity index (χ2n) is 5.40. The van der Waals surface area contributed by atoms with Crippen molar-refractivity contribution in [2.24, 2.45) is 4.99 Å². The third kappa shape index (κ3) is 8.60. The number of aliphatic imine (C=N–C) groups is 1. The number of unbranched alkanes of at least 4 members (excludes halogenated alkanes) is 2. The first-order chi connectivity index (χ1) is 10.2. The lowest BCUT2D eigenvalue weighted by Crippen LogP contribution is -2.37. The predicted molar refractivity (Wildman–Crippen MR) is 105 cm³/mol. The van der Waals surface area contributed by atoms with Crippen LogP contribution in [0.5, 0.6) is 0 Å². The predicted octanol–water partition coefficient (Wildman–Crippen LogP) is 3.25. The number of guanidine groups is 1. The van der Waals surface area contributed by atoms with Gasteiger partial charge in [0, 0.05) is 31.9 Å². The molecule has 0 aromatic carbocycles. The summed E-state index contributed by atoms with van der Waals surface area (Å²) in [6.07, 6.45) is 4.72. The van der Waals surface area contributed by atoms with E-state index in [-0.39, 0.29) is 24.0 Å². The summed E-state index contributed by atoms with van der Waals surface area (Å²) in [5.41, 5.74) is 2.31. The minimum atomic E-state index is 0. The fourth-order valence-corrected chi connectivity index (χ4v) is 2.24. The Hall–Kier alpha value is -0.790. The van der Waals surface area contributed by atoms with Crippen molar-refractivity contribution < 1.29 is 0 Å². The Morgan fingerprint density at radius 3 is 2.55 bits per heavy atom. The Bertz CT molecular complexity index is 428. The summed E-state index contributed by atoms with van der Waals surface area (Å²) in [6, 6.07) is 2.11. The highest BCUT2D eigenvalue weighted by Gasteiger charge is 2.00. The smallest absolute Gasteiger partial charge is 0.191 e. The molecule has 0 saturated carbocycles. The lowest BCUT2D eigenvalue weighted by atomic mass is 10.2. The first kappa shape index (κ1) is 21.2. The number of nitrogens with zero attached hydrogens (tertiary/aromatic N) is 3. The van der Waals surface area contributed by atoms with Gasteiger partial charge in [-0.05, 0) is 39.7 Å². The maximum atomic E-state index is 4.62. The van der Waals surface area contributed by atoms with E-state index in [0.29, 0.717) is 0 Å². The third-order valence-electron chi connectivity index (χ3n) is 3.32. The number of halogens is 1. The molecule has 128 valence electrons. The van der Waals surface area contributed by atoms with E-state index in [1.165, 1.54) is 25.0 Å². The van der Waals surface area contributed by atoms with Gasteiger partial charge in [-0.2, -0.15) is 5.10 Å². The summed E-state index contributed by atoms with van der Waals surface area (Å²) in [7, 11) is 0. The van der Waals surface area contributed by atoms with Crippen molar-refractivity contribution in [3.63, 3.8) is 0 Å². The molecule has 6 heteroatoms. The van der Waals surface area contributed by atoms with E-state index >= 15 is 0 Å². The molecule has 0 spiro atoms. The minimum Gasteiger partial charge on any atom is -0.357 e. The van der Waals surface area contributed by atoms with Crippen molar-refractivity contribution in [3.05, 3.63) is 17.5 Å². The molecule has 0 amide bonds. The summed E-state index contributed by atoms with van der Waals surface area (Å²) < 4.78 is 2.06. The van der Waals surface area contributed by atoms with E-state index in [0.717, 1.165) is 44.3 Å². The van der Waals surface area contributed by atoms with Crippen LogP contribution in [-0.4, -0.2) is 35.4 Å². The molecule has 0 radical (unpaired) electrons. The van der Waals surface area contributed by atoms with Crippen LogP contribution in [0, 0.1) is 13.8 Å². The number of aryl methyl sites for hydroxylation is 3. The SMILES string of the molecule is CCCCCNC(=NCCCn1nc(C)cc1C)NCC.I. The van der Waals surface area contributed by atoms with E-state index in [9.17, 15) is 0 Å². The highest BCUT2D eigenvalue weighted by atomic mass is 127. The number of rotatable bonds is 9. The van der Waals surface area contributed by atoms with E-state index in [1.54, 1.807) is 0 Å². The Kier molecular flexibility index (Phi) is 12.3. The molecule has 1 heterocycles. The molecular weight excluding hydrogens is 389 g/mol. The normalized spacial score (nSPS) is 11.2. The van der Waals surface area contributed by atoms with E-state index in [1.807, 2.05) is 6.92 Å². The van der Waals surface area contributed by atoms with Gasteiger partial charge in [0.1, 0.15) is 0 Å². The molecule has 0 aliphatic carbocycles. The summed E-state index contributed by atoms with van der Waals surface area (Å²) in [5, 5.41) is 11.1. The fraction of sp³-hybridized carbons (Fsp3) is 0.750. The van der Waals surface area contributed by atoms with Gasteiger partial charge in [-0.1, -0.05) is 19.8 Å². The lowest BCUT2D eigenvalue weighted by molar-refractivity contribution is 0.566. The minimum absolute atomic E-state index is 0. The Balaban J connectivity index is 0.00000441. The van der Waals surface area contributed by atoms with Gasteiger partial charge >= 0.3 is 0 Å². The van der Waals surface area contributed by atoms with Crippen molar-refractivity contribution in [1.82, 2.24) is 20.4 Å². The number of nitrogens with one attached hydrogen (secondary N) is 2. The second-order valence-corrected chi connectivity index (χ2v) is 5.40. The first-order valence-corrected chi connectivity index (χ1v) is 8.20. The zero-order chi connectivity index (χ0) is 15.5. The van der Waals surface area contributed by atoms with Gasteiger partial charge in [0.15, 0.2) is 5.96 Å². The largest absolute Gasteiger partial charge is 0.357 e. The maximum Gasteiger partial charge on any atom is 0.191 e. The monoisotopic (exact) mass is 421 g/mol. The fourth-order valence-electron chi connectivity index (χ4n) is 2.24. The van der Waals surface area contributed by atoms with Crippen LogP contribution < -0.4 is 10.6 Å². The molecule has 2 N–H and O–H groups in total. The van der Waals surface area contributed by atoms with Crippen LogP contribution in [0.1, 0.15) is 50.9 Å². The third-order valence-corrected chi connectivity index (χ3v) is 3.32. The first-order valence-electron chi connectivity index (χ1n) is 8.20. The van der Waals surface area contributed by atoms with Crippen LogP contribution in [0.3, 0.4) is 0 Å². The van der Waals surface area contributed by atoms with Gasteiger partial charge in [0.2, 0.25) is 0 Å². The van der Waals surface area contributed by atoms with Crippen LogP contribution in [0.4, 0.5) is 0 Å². The standard InChI is InChI=1S/C16H31N5.HI/c1-5-7-8-10-18-16(17-6-2)19-11-9-12-21-15(4)13-14(3)20-21;/h13H,5-12H2,1-4H3,(H2,17,18,19);1H. The summed E-state index contributed by atoms with van der Waals surface area (Å²) in [6.45, 7) is 12.1. The van der Waals surface area contributed by atoms with Gasteiger partial charge in [-0.3, -0.25) is 9.67 Å². The number of hydrogen-bond acceptors (Lipinski definition) is 2. The Morgan fingerprint density at radius 2 is 1.95 bits per heavy atom. The van der Waals surface area contributed by atoms with E-state index in [4.69, 9.17) is 0 Å². The van der Waals surface area contributed by atoms with Crippen molar-refractivity contribution in [1.29, 1.82) is 0 Å². The van der Waals surface area contributed by atoms with Crippen molar-refractivity contribution in [2.45, 2.75) is 59.9 Å². The van der Waals surface area contributed by atoms with Crippen molar-refractivity contribution in [2.75, 3.05) is 19.6 Å². The molecule has 0 bridgehead atoms. The molecule has 0 aliphatic rings. The van der Waals surface area contributed by atoms with Crippen LogP contribution in [-0.2, 0) is 6.54 Å². The summed E-state index contributed by atoms with van der Waals surface area (Å²) in [4.78, 5) is 4.62. The van der Waals surface area contributed by atoms with Crippen molar-refractivity contribution in [3.8, 4) is 0 Å². The molecule has 5 nitrogen and oxygen atoms in total. The van der Waals surface area contributed by atoms with Gasteiger partial charge in [0.05, 0.1) is 5.69 Å². The van der Waals surface area contributed by atoms with Crippen molar-refractivity contribution >= 4 is 29.9 Å². The highest BCUT2D eigenvalue weighted by molar-refractivity contribution is 14.0. The van der Waals surface area contributed by atoms with Gasteiger partial charge in [-0.25, -0.2) is 0 Å². The van der Waals surface area contributed by atoms with E-state index < -0.39 is 0 Å². The number of hydrogen-bond donors (Lipinski definition) is 2. The molecule has 1 aromatic rings.